The Bertz CT molecular complexity index is 492. The lowest BCUT2D eigenvalue weighted by molar-refractivity contribution is -0.122. The molecule has 0 fully saturated rings. The predicted octanol–water partition coefficient (Wildman–Crippen LogP) is 2.69. The predicted molar refractivity (Wildman–Crippen MR) is 78.2 cm³/mol. The zero-order valence-corrected chi connectivity index (χ0v) is 12.3. The van der Waals surface area contributed by atoms with Crippen molar-refractivity contribution >= 4 is 11.6 Å². The van der Waals surface area contributed by atoms with E-state index in [4.69, 9.17) is 11.2 Å². The molecule has 0 aromatic heterocycles. The molecule has 0 spiro atoms. The van der Waals surface area contributed by atoms with E-state index in [1.165, 1.54) is 7.11 Å². The highest BCUT2D eigenvalue weighted by Gasteiger charge is 2.32. The summed E-state index contributed by atoms with van der Waals surface area (Å²) in [7, 11) is 1.50. The maximum Gasteiger partial charge on any atom is 0.254 e. The largest absolute Gasteiger partial charge is 0.375 e. The van der Waals surface area contributed by atoms with Gasteiger partial charge in [-0.1, -0.05) is 24.1 Å². The maximum absolute atomic E-state index is 12.4. The molecule has 0 N–H and O–H groups in total. The fourth-order valence-electron chi connectivity index (χ4n) is 2.13. The number of benzene rings is 1. The van der Waals surface area contributed by atoms with E-state index in [0.717, 1.165) is 16.8 Å². The molecule has 0 unspecified atom stereocenters. The smallest absolute Gasteiger partial charge is 0.254 e. The van der Waals surface area contributed by atoms with Crippen molar-refractivity contribution in [2.75, 3.05) is 18.6 Å². The Kier molecular flexibility index (Phi) is 4.74. The van der Waals surface area contributed by atoms with E-state index in [1.807, 2.05) is 45.9 Å². The van der Waals surface area contributed by atoms with Crippen LogP contribution in [0.4, 0.5) is 5.69 Å². The van der Waals surface area contributed by atoms with E-state index in [-0.39, 0.29) is 12.5 Å². The summed E-state index contributed by atoms with van der Waals surface area (Å²) in [6.07, 6.45) is 5.59. The number of terminal acetylenes is 1. The number of anilines is 1. The van der Waals surface area contributed by atoms with Gasteiger partial charge in [0.2, 0.25) is 0 Å². The van der Waals surface area contributed by atoms with Crippen LogP contribution >= 0.6 is 0 Å². The van der Waals surface area contributed by atoms with Crippen molar-refractivity contribution in [1.29, 1.82) is 0 Å². The summed E-state index contributed by atoms with van der Waals surface area (Å²) in [4.78, 5) is 14.0. The van der Waals surface area contributed by atoms with Crippen molar-refractivity contribution in [3.8, 4) is 12.3 Å². The van der Waals surface area contributed by atoms with Gasteiger partial charge in [0.15, 0.2) is 0 Å². The number of para-hydroxylation sites is 1. The lowest BCUT2D eigenvalue weighted by Gasteiger charge is -2.36. The van der Waals surface area contributed by atoms with Crippen molar-refractivity contribution in [2.24, 2.45) is 0 Å². The Morgan fingerprint density at radius 3 is 2.32 bits per heavy atom. The van der Waals surface area contributed by atoms with Gasteiger partial charge in [-0.25, -0.2) is 0 Å². The SMILES string of the molecule is C#CC(C)(C)N(C(=O)COC)c1c(C)cccc1C. The molecule has 0 aliphatic carbocycles. The molecule has 1 amide bonds. The summed E-state index contributed by atoms with van der Waals surface area (Å²) in [6.45, 7) is 7.67. The number of hydrogen-bond donors (Lipinski definition) is 0. The molecule has 0 saturated heterocycles. The van der Waals surface area contributed by atoms with Crippen LogP contribution in [0, 0.1) is 26.2 Å². The third-order valence-corrected chi connectivity index (χ3v) is 3.09. The van der Waals surface area contributed by atoms with Crippen LogP contribution in [0.3, 0.4) is 0 Å². The lowest BCUT2D eigenvalue weighted by atomic mass is 9.99. The van der Waals surface area contributed by atoms with E-state index >= 15 is 0 Å². The molecule has 0 bridgehead atoms. The van der Waals surface area contributed by atoms with Crippen LogP contribution in [0.5, 0.6) is 0 Å². The van der Waals surface area contributed by atoms with Gasteiger partial charge in [-0.15, -0.1) is 6.42 Å². The molecular formula is C16H21NO2. The molecule has 0 radical (unpaired) electrons. The topological polar surface area (TPSA) is 29.5 Å². The van der Waals surface area contributed by atoms with Gasteiger partial charge < -0.3 is 4.74 Å². The normalized spacial score (nSPS) is 10.9. The zero-order chi connectivity index (χ0) is 14.6. The molecule has 0 aliphatic rings. The molecule has 3 nitrogen and oxygen atoms in total. The van der Waals surface area contributed by atoms with Crippen molar-refractivity contribution in [3.05, 3.63) is 29.3 Å². The molecule has 19 heavy (non-hydrogen) atoms. The first kappa shape index (κ1) is 15.3. The second-order valence-electron chi connectivity index (χ2n) is 5.11. The molecule has 0 atom stereocenters. The second-order valence-corrected chi connectivity index (χ2v) is 5.11. The van der Waals surface area contributed by atoms with Gasteiger partial charge in [-0.05, 0) is 38.8 Å². The summed E-state index contributed by atoms with van der Waals surface area (Å²) in [5.74, 6) is 2.55. The molecule has 3 heteroatoms. The molecule has 102 valence electrons. The maximum atomic E-state index is 12.4. The summed E-state index contributed by atoms with van der Waals surface area (Å²) < 4.78 is 4.97. The van der Waals surface area contributed by atoms with Gasteiger partial charge in [-0.2, -0.15) is 0 Å². The highest BCUT2D eigenvalue weighted by atomic mass is 16.5. The Morgan fingerprint density at radius 1 is 1.37 bits per heavy atom. The van der Waals surface area contributed by atoms with Crippen LogP contribution in [0.15, 0.2) is 18.2 Å². The highest BCUT2D eigenvalue weighted by molar-refractivity contribution is 5.97. The molecular weight excluding hydrogens is 238 g/mol. The minimum absolute atomic E-state index is 0.0128. The van der Waals surface area contributed by atoms with E-state index in [0.29, 0.717) is 0 Å². The molecule has 0 aliphatic heterocycles. The number of methoxy groups -OCH3 is 1. The molecule has 1 aromatic rings. The molecule has 0 heterocycles. The average molecular weight is 259 g/mol. The van der Waals surface area contributed by atoms with Crippen LogP contribution in [-0.4, -0.2) is 25.2 Å². The minimum atomic E-state index is -0.702. The fraction of sp³-hybridized carbons (Fsp3) is 0.438. The number of nitrogens with zero attached hydrogens (tertiary/aromatic N) is 1. The Morgan fingerprint density at radius 2 is 1.89 bits per heavy atom. The van der Waals surface area contributed by atoms with Crippen LogP contribution in [0.25, 0.3) is 0 Å². The summed E-state index contributed by atoms with van der Waals surface area (Å²) in [5, 5.41) is 0. The van der Waals surface area contributed by atoms with Crippen LogP contribution in [-0.2, 0) is 9.53 Å². The Labute approximate surface area is 115 Å². The van der Waals surface area contributed by atoms with E-state index < -0.39 is 5.54 Å². The van der Waals surface area contributed by atoms with Crippen LogP contribution in [0.2, 0.25) is 0 Å². The number of carbonyl (C=O) groups is 1. The van der Waals surface area contributed by atoms with Crippen LogP contribution < -0.4 is 4.90 Å². The van der Waals surface area contributed by atoms with E-state index in [2.05, 4.69) is 5.92 Å². The molecule has 0 saturated carbocycles. The third kappa shape index (κ3) is 3.15. The van der Waals surface area contributed by atoms with Gasteiger partial charge in [0.25, 0.3) is 5.91 Å². The van der Waals surface area contributed by atoms with Gasteiger partial charge in [-0.3, -0.25) is 9.69 Å². The highest BCUT2D eigenvalue weighted by Crippen LogP contribution is 2.30. The van der Waals surface area contributed by atoms with Gasteiger partial charge in [0, 0.05) is 7.11 Å². The van der Waals surface area contributed by atoms with Crippen molar-refractivity contribution in [2.45, 2.75) is 33.2 Å². The summed E-state index contributed by atoms with van der Waals surface area (Å²) in [6, 6.07) is 5.92. The average Bonchev–Trinajstić information content (AvgIpc) is 2.33. The first-order valence-corrected chi connectivity index (χ1v) is 6.21. The number of aryl methyl sites for hydroxylation is 2. The first-order chi connectivity index (χ1) is 8.85. The third-order valence-electron chi connectivity index (χ3n) is 3.09. The summed E-state index contributed by atoms with van der Waals surface area (Å²) in [5.41, 5.74) is 2.21. The number of hydrogen-bond acceptors (Lipinski definition) is 2. The van der Waals surface area contributed by atoms with E-state index in [1.54, 1.807) is 4.90 Å². The van der Waals surface area contributed by atoms with Crippen molar-refractivity contribution in [1.82, 2.24) is 0 Å². The molecule has 1 aromatic carbocycles. The fourth-order valence-corrected chi connectivity index (χ4v) is 2.13. The first-order valence-electron chi connectivity index (χ1n) is 6.21. The molecule has 1 rings (SSSR count). The van der Waals surface area contributed by atoms with Gasteiger partial charge in [0.05, 0.1) is 5.69 Å². The van der Waals surface area contributed by atoms with Crippen molar-refractivity contribution < 1.29 is 9.53 Å². The zero-order valence-electron chi connectivity index (χ0n) is 12.3. The number of rotatable bonds is 4. The van der Waals surface area contributed by atoms with Gasteiger partial charge >= 0.3 is 0 Å². The minimum Gasteiger partial charge on any atom is -0.375 e. The Balaban J connectivity index is 3.41. The number of carbonyl (C=O) groups excluding carboxylic acids is 1. The second kappa shape index (κ2) is 5.90. The standard InChI is InChI=1S/C16H21NO2/c1-7-16(4,5)17(14(18)11-19-6)15-12(2)9-8-10-13(15)3/h1,8-10H,11H2,2-6H3. The quantitative estimate of drug-likeness (QED) is 0.778. The van der Waals surface area contributed by atoms with E-state index in [9.17, 15) is 4.79 Å². The summed E-state index contributed by atoms with van der Waals surface area (Å²) >= 11 is 0. The Hall–Kier alpha value is -1.79. The van der Waals surface area contributed by atoms with Crippen LogP contribution in [0.1, 0.15) is 25.0 Å². The van der Waals surface area contributed by atoms with Gasteiger partial charge in [0.1, 0.15) is 12.1 Å². The van der Waals surface area contributed by atoms with Crippen molar-refractivity contribution in [3.63, 3.8) is 0 Å². The number of ether oxygens (including phenoxy) is 1. The number of amides is 1. The monoisotopic (exact) mass is 259 g/mol. The lowest BCUT2D eigenvalue weighted by Crippen LogP contribution is -2.49.